The van der Waals surface area contributed by atoms with E-state index in [0.717, 1.165) is 19.6 Å². The highest BCUT2D eigenvalue weighted by Crippen LogP contribution is 2.58. The van der Waals surface area contributed by atoms with Gasteiger partial charge in [0.25, 0.3) is 0 Å². The predicted molar refractivity (Wildman–Crippen MR) is 133 cm³/mol. The van der Waals surface area contributed by atoms with Crippen molar-refractivity contribution in [2.75, 3.05) is 65.7 Å². The first kappa shape index (κ1) is 26.3. The van der Waals surface area contributed by atoms with Crippen molar-refractivity contribution in [1.29, 1.82) is 0 Å². The summed E-state index contributed by atoms with van der Waals surface area (Å²) in [7, 11) is 0. The summed E-state index contributed by atoms with van der Waals surface area (Å²) in [5.74, 6) is -2.52. The minimum Gasteiger partial charge on any atom is -0.465 e. The van der Waals surface area contributed by atoms with Gasteiger partial charge in [-0.25, -0.2) is 0 Å². The number of cyclic esters (lactones) is 1. The van der Waals surface area contributed by atoms with Crippen LogP contribution in [0.25, 0.3) is 0 Å². The predicted octanol–water partition coefficient (Wildman–Crippen LogP) is 0.354. The molecule has 37 heavy (non-hydrogen) atoms. The molecular weight excluding hydrogens is 478 g/mol. The number of nitrogens with zero attached hydrogens (tertiary/aromatic N) is 3. The van der Waals surface area contributed by atoms with Crippen molar-refractivity contribution in [2.45, 2.75) is 49.9 Å². The van der Waals surface area contributed by atoms with Crippen molar-refractivity contribution in [2.24, 2.45) is 11.8 Å². The summed E-state index contributed by atoms with van der Waals surface area (Å²) in [6, 6.07) is -0.870. The fourth-order valence-corrected chi connectivity index (χ4v) is 6.70. The van der Waals surface area contributed by atoms with E-state index in [9.17, 15) is 19.5 Å². The van der Waals surface area contributed by atoms with Crippen molar-refractivity contribution in [3.63, 3.8) is 0 Å². The molecule has 5 rings (SSSR count). The molecule has 0 aromatic heterocycles. The van der Waals surface area contributed by atoms with E-state index in [1.807, 2.05) is 31.2 Å². The number of aliphatic hydroxyl groups is 1. The second-order valence-corrected chi connectivity index (χ2v) is 10.6. The van der Waals surface area contributed by atoms with Gasteiger partial charge in [-0.3, -0.25) is 19.3 Å². The van der Waals surface area contributed by atoms with Crippen molar-refractivity contribution >= 4 is 17.8 Å². The fourth-order valence-electron chi connectivity index (χ4n) is 6.70. The Balaban J connectivity index is 1.50. The molecule has 5 atom stereocenters. The number of likely N-dealkylation sites (tertiary alicyclic amines) is 1. The number of rotatable bonds is 8. The number of esters is 1. The van der Waals surface area contributed by atoms with E-state index in [0.29, 0.717) is 58.5 Å². The van der Waals surface area contributed by atoms with E-state index in [1.54, 1.807) is 9.80 Å². The molecule has 0 saturated carbocycles. The summed E-state index contributed by atoms with van der Waals surface area (Å²) in [4.78, 5) is 47.4. The van der Waals surface area contributed by atoms with Gasteiger partial charge in [-0.2, -0.15) is 0 Å². The van der Waals surface area contributed by atoms with Crippen LogP contribution >= 0.6 is 0 Å². The van der Waals surface area contributed by atoms with Crippen LogP contribution in [0, 0.1) is 11.8 Å². The highest BCUT2D eigenvalue weighted by atomic mass is 16.6. The van der Waals surface area contributed by atoms with E-state index in [-0.39, 0.29) is 25.0 Å². The first-order valence-electron chi connectivity index (χ1n) is 13.7. The van der Waals surface area contributed by atoms with Gasteiger partial charge in [-0.05, 0) is 25.7 Å². The lowest BCUT2D eigenvalue weighted by Gasteiger charge is -2.39. The Kier molecular flexibility index (Phi) is 7.72. The number of carbonyl (C=O) groups excluding carboxylic acids is 3. The highest BCUT2D eigenvalue weighted by molar-refractivity contribution is 5.99. The van der Waals surface area contributed by atoms with Crippen LogP contribution in [0.3, 0.4) is 0 Å². The lowest BCUT2D eigenvalue weighted by atomic mass is 9.73. The normalized spacial score (nSPS) is 36.1. The average Bonchev–Trinajstić information content (AvgIpc) is 3.24. The molecule has 3 fully saturated rings. The van der Waals surface area contributed by atoms with Gasteiger partial charge in [0.15, 0.2) is 0 Å². The molecule has 5 aliphatic heterocycles. The molecule has 3 saturated heterocycles. The Morgan fingerprint density at radius 2 is 1.78 bits per heavy atom. The molecule has 1 unspecified atom stereocenters. The number of morpholine rings is 1. The summed E-state index contributed by atoms with van der Waals surface area (Å²) in [5.41, 5.74) is -2.27. The van der Waals surface area contributed by atoms with Crippen LogP contribution in [-0.2, 0) is 28.6 Å². The zero-order valence-electron chi connectivity index (χ0n) is 21.7. The number of carbonyl (C=O) groups is 3. The van der Waals surface area contributed by atoms with Gasteiger partial charge in [0.05, 0.1) is 25.7 Å². The first-order valence-corrected chi connectivity index (χ1v) is 13.7. The lowest BCUT2D eigenvalue weighted by molar-refractivity contribution is -0.161. The number of fused-ring (bicyclic) bond motifs is 2. The molecule has 2 amide bonds. The van der Waals surface area contributed by atoms with Crippen molar-refractivity contribution in [1.82, 2.24) is 14.7 Å². The third-order valence-electron chi connectivity index (χ3n) is 8.58. The summed E-state index contributed by atoms with van der Waals surface area (Å²) in [5, 5.41) is 9.35. The average molecular weight is 518 g/mol. The molecule has 10 nitrogen and oxygen atoms in total. The first-order chi connectivity index (χ1) is 18.0. The summed E-state index contributed by atoms with van der Waals surface area (Å²) in [6.45, 7) is 7.24. The number of hydrogen-bond acceptors (Lipinski definition) is 8. The zero-order chi connectivity index (χ0) is 26.0. The van der Waals surface area contributed by atoms with Crippen LogP contribution in [0.2, 0.25) is 0 Å². The number of aliphatic hydroxyl groups excluding tert-OH is 1. The van der Waals surface area contributed by atoms with E-state index in [1.165, 1.54) is 0 Å². The van der Waals surface area contributed by atoms with Crippen molar-refractivity contribution in [3.8, 4) is 0 Å². The molecular formula is C27H39N3O7. The van der Waals surface area contributed by atoms with E-state index in [4.69, 9.17) is 14.2 Å². The minimum absolute atomic E-state index is 0.00990. The van der Waals surface area contributed by atoms with Gasteiger partial charge in [0.1, 0.15) is 23.2 Å². The molecule has 0 radical (unpaired) electrons. The van der Waals surface area contributed by atoms with Gasteiger partial charge in [-0.1, -0.05) is 31.2 Å². The van der Waals surface area contributed by atoms with Gasteiger partial charge >= 0.3 is 5.97 Å². The van der Waals surface area contributed by atoms with E-state index < -0.39 is 35.0 Å². The molecule has 5 aliphatic rings. The Morgan fingerprint density at radius 3 is 2.54 bits per heavy atom. The molecule has 5 heterocycles. The molecule has 0 bridgehead atoms. The van der Waals surface area contributed by atoms with Crippen LogP contribution < -0.4 is 0 Å². The quantitative estimate of drug-likeness (QED) is 0.279. The second-order valence-electron chi connectivity index (χ2n) is 10.6. The largest absolute Gasteiger partial charge is 0.465 e. The van der Waals surface area contributed by atoms with Gasteiger partial charge in [-0.15, -0.1) is 0 Å². The third-order valence-corrected chi connectivity index (χ3v) is 8.58. The molecule has 10 heteroatoms. The van der Waals surface area contributed by atoms with Crippen LogP contribution in [0.5, 0.6) is 0 Å². The Labute approximate surface area is 218 Å². The van der Waals surface area contributed by atoms with Crippen LogP contribution in [0.4, 0.5) is 0 Å². The third kappa shape index (κ3) is 4.51. The molecule has 1 N–H and O–H groups in total. The molecule has 1 spiro atoms. The van der Waals surface area contributed by atoms with Crippen LogP contribution in [0.15, 0.2) is 24.3 Å². The molecule has 0 aromatic carbocycles. The number of hydrogen-bond donors (Lipinski definition) is 1. The monoisotopic (exact) mass is 517 g/mol. The molecule has 0 aromatic rings. The van der Waals surface area contributed by atoms with Gasteiger partial charge in [0.2, 0.25) is 11.8 Å². The van der Waals surface area contributed by atoms with Crippen LogP contribution in [0.1, 0.15) is 32.6 Å². The molecule has 0 aliphatic carbocycles. The summed E-state index contributed by atoms with van der Waals surface area (Å²) >= 11 is 0. The Hall–Kier alpha value is -2.27. The number of ether oxygens (including phenoxy) is 3. The summed E-state index contributed by atoms with van der Waals surface area (Å²) in [6.07, 6.45) is 9.81. The smallest absolute Gasteiger partial charge is 0.313 e. The van der Waals surface area contributed by atoms with Gasteiger partial charge < -0.3 is 29.1 Å². The zero-order valence-corrected chi connectivity index (χ0v) is 21.7. The second kappa shape index (κ2) is 10.8. The maximum Gasteiger partial charge on any atom is 0.313 e. The topological polar surface area (TPSA) is 109 Å². The Bertz CT molecular complexity index is 948. The number of amides is 2. The number of unbranched alkanes of at least 4 members (excludes halogenated alkanes) is 1. The fraction of sp³-hybridized carbons (Fsp3) is 0.741. The van der Waals surface area contributed by atoms with Crippen LogP contribution in [-0.4, -0.2) is 121 Å². The van der Waals surface area contributed by atoms with Crippen molar-refractivity contribution in [3.05, 3.63) is 24.3 Å². The van der Waals surface area contributed by atoms with Gasteiger partial charge in [0, 0.05) is 45.9 Å². The maximum absolute atomic E-state index is 14.2. The van der Waals surface area contributed by atoms with E-state index >= 15 is 0 Å². The maximum atomic E-state index is 14.2. The molecule has 204 valence electrons. The highest BCUT2D eigenvalue weighted by Gasteiger charge is 2.75. The van der Waals surface area contributed by atoms with Crippen molar-refractivity contribution < 1.29 is 33.7 Å². The summed E-state index contributed by atoms with van der Waals surface area (Å²) < 4.78 is 17.9. The standard InChI is InChI=1S/C27H39N3O7/c1-2-26-8-3-6-17-36-25(34)21(26)20-23(32)30(11-4-5-16-31)22-24(33)29(10-7-9-27(20,22)37-26)13-12-28-14-18-35-19-15-28/h3,7-9,20-22,31H,2,4-6,10-19H2,1H3/t20-,21-,22?,26+,27-/m0/s1. The lowest BCUT2D eigenvalue weighted by Crippen LogP contribution is -2.57. The Morgan fingerprint density at radius 1 is 0.973 bits per heavy atom. The SMILES string of the molecule is CC[C@@]12C=CCCOC(=O)[C@@H]1[C@H]1C(=O)N(CCCCO)C3C(=O)N(CCN4CCOCC4)CC=C[C@@]31O2. The van der Waals surface area contributed by atoms with E-state index in [2.05, 4.69) is 4.90 Å². The minimum atomic E-state index is -1.25.